The first kappa shape index (κ1) is 11.0. The van der Waals surface area contributed by atoms with E-state index in [2.05, 4.69) is 10.1 Å². The Hall–Kier alpha value is -2.17. The summed E-state index contributed by atoms with van der Waals surface area (Å²) in [6.07, 6.45) is 2.12. The third-order valence-corrected chi connectivity index (χ3v) is 3.04. The van der Waals surface area contributed by atoms with Crippen molar-refractivity contribution in [3.8, 4) is 5.69 Å². The van der Waals surface area contributed by atoms with E-state index in [9.17, 15) is 4.79 Å². The minimum absolute atomic E-state index is 0.127. The van der Waals surface area contributed by atoms with Crippen molar-refractivity contribution in [2.45, 2.75) is 25.7 Å². The minimum Gasteiger partial charge on any atom is -0.475 e. The molecule has 1 aromatic heterocycles. The smallest absolute Gasteiger partial charge is 0.375 e. The van der Waals surface area contributed by atoms with Gasteiger partial charge in [-0.2, -0.15) is 0 Å². The number of hydrogen-bond acceptors (Lipinski definition) is 3. The van der Waals surface area contributed by atoms with E-state index < -0.39 is 5.97 Å². The molecular formula is C13H13N3O2. The van der Waals surface area contributed by atoms with Crippen molar-refractivity contribution in [2.24, 2.45) is 0 Å². The first-order valence-corrected chi connectivity index (χ1v) is 5.92. The van der Waals surface area contributed by atoms with Gasteiger partial charge in [0, 0.05) is 5.92 Å². The number of carboxylic acid groups (broad SMARTS) is 1. The summed E-state index contributed by atoms with van der Waals surface area (Å²) in [4.78, 5) is 15.1. The lowest BCUT2D eigenvalue weighted by molar-refractivity contribution is 0.0683. The van der Waals surface area contributed by atoms with Gasteiger partial charge in [-0.1, -0.05) is 17.7 Å². The Labute approximate surface area is 104 Å². The summed E-state index contributed by atoms with van der Waals surface area (Å²) in [5.41, 5.74) is 2.02. The largest absolute Gasteiger partial charge is 0.475 e. The van der Waals surface area contributed by atoms with Gasteiger partial charge in [-0.3, -0.25) is 0 Å². The van der Waals surface area contributed by atoms with E-state index >= 15 is 0 Å². The molecule has 1 saturated carbocycles. The van der Waals surface area contributed by atoms with E-state index in [4.69, 9.17) is 5.11 Å². The molecule has 0 aliphatic heterocycles. The Morgan fingerprint density at radius 1 is 1.33 bits per heavy atom. The van der Waals surface area contributed by atoms with Gasteiger partial charge in [0.1, 0.15) is 5.82 Å². The summed E-state index contributed by atoms with van der Waals surface area (Å²) in [6.45, 7) is 2.01. The van der Waals surface area contributed by atoms with Crippen molar-refractivity contribution >= 4 is 5.97 Å². The number of carbonyl (C=O) groups is 1. The van der Waals surface area contributed by atoms with Gasteiger partial charge in [0.2, 0.25) is 0 Å². The summed E-state index contributed by atoms with van der Waals surface area (Å²) >= 11 is 0. The lowest BCUT2D eigenvalue weighted by Gasteiger charge is -2.04. The van der Waals surface area contributed by atoms with Gasteiger partial charge < -0.3 is 5.11 Å². The number of aryl methyl sites for hydroxylation is 1. The number of hydrogen-bond donors (Lipinski definition) is 1. The fourth-order valence-corrected chi connectivity index (χ4v) is 1.90. The number of benzene rings is 1. The topological polar surface area (TPSA) is 68.0 Å². The van der Waals surface area contributed by atoms with Crippen molar-refractivity contribution in [3.63, 3.8) is 0 Å². The molecule has 0 amide bonds. The summed E-state index contributed by atoms with van der Waals surface area (Å²) in [5.74, 6) is -0.0941. The van der Waals surface area contributed by atoms with E-state index in [0.717, 1.165) is 29.9 Å². The zero-order valence-electron chi connectivity index (χ0n) is 10.00. The molecule has 1 heterocycles. The molecule has 2 aromatic rings. The molecule has 3 rings (SSSR count). The molecular weight excluding hydrogens is 230 g/mol. The highest BCUT2D eigenvalue weighted by molar-refractivity contribution is 5.83. The summed E-state index contributed by atoms with van der Waals surface area (Å²) in [6, 6.07) is 7.82. The second-order valence-electron chi connectivity index (χ2n) is 4.62. The maximum Gasteiger partial charge on any atom is 0.375 e. The maximum absolute atomic E-state index is 11.0. The highest BCUT2D eigenvalue weighted by Crippen LogP contribution is 2.39. The quantitative estimate of drug-likeness (QED) is 0.896. The van der Waals surface area contributed by atoms with Gasteiger partial charge in [-0.05, 0) is 31.9 Å². The lowest BCUT2D eigenvalue weighted by atomic mass is 10.2. The highest BCUT2D eigenvalue weighted by Gasteiger charge is 2.31. The molecule has 0 saturated heterocycles. The molecule has 1 aliphatic carbocycles. The van der Waals surface area contributed by atoms with Crippen LogP contribution >= 0.6 is 0 Å². The number of aromatic nitrogens is 3. The number of carboxylic acids is 1. The Morgan fingerprint density at radius 2 is 2.00 bits per heavy atom. The van der Waals surface area contributed by atoms with Crippen LogP contribution in [-0.4, -0.2) is 25.8 Å². The van der Waals surface area contributed by atoms with E-state index in [1.54, 1.807) is 4.68 Å². The number of rotatable bonds is 3. The van der Waals surface area contributed by atoms with Gasteiger partial charge in [0.15, 0.2) is 0 Å². The summed E-state index contributed by atoms with van der Waals surface area (Å²) < 4.78 is 1.65. The van der Waals surface area contributed by atoms with Gasteiger partial charge in [-0.25, -0.2) is 14.5 Å². The molecule has 0 unspecified atom stereocenters. The van der Waals surface area contributed by atoms with Gasteiger partial charge >= 0.3 is 5.97 Å². The highest BCUT2D eigenvalue weighted by atomic mass is 16.4. The van der Waals surface area contributed by atoms with Crippen LogP contribution in [0.3, 0.4) is 0 Å². The van der Waals surface area contributed by atoms with Crippen molar-refractivity contribution in [3.05, 3.63) is 41.5 Å². The zero-order valence-corrected chi connectivity index (χ0v) is 10.00. The molecule has 92 valence electrons. The molecule has 1 fully saturated rings. The second kappa shape index (κ2) is 3.94. The van der Waals surface area contributed by atoms with Crippen LogP contribution in [0.4, 0.5) is 0 Å². The van der Waals surface area contributed by atoms with Crippen LogP contribution in [0, 0.1) is 6.92 Å². The SMILES string of the molecule is Cc1ccc(-n2nc(C(=O)O)nc2C2CC2)cc1. The lowest BCUT2D eigenvalue weighted by Crippen LogP contribution is -2.03. The van der Waals surface area contributed by atoms with E-state index in [-0.39, 0.29) is 5.82 Å². The van der Waals surface area contributed by atoms with Crippen molar-refractivity contribution in [1.29, 1.82) is 0 Å². The number of nitrogens with zero attached hydrogens (tertiary/aromatic N) is 3. The van der Waals surface area contributed by atoms with Crippen LogP contribution in [0.1, 0.15) is 40.8 Å². The maximum atomic E-state index is 11.0. The summed E-state index contributed by atoms with van der Waals surface area (Å²) in [5, 5.41) is 13.1. The molecule has 0 atom stereocenters. The molecule has 0 spiro atoms. The standard InChI is InChI=1S/C13H13N3O2/c1-8-2-6-10(7-3-8)16-12(9-4-5-9)14-11(15-16)13(17)18/h2-3,6-7,9H,4-5H2,1H3,(H,17,18). The van der Waals surface area contributed by atoms with Crippen molar-refractivity contribution < 1.29 is 9.90 Å². The van der Waals surface area contributed by atoms with Gasteiger partial charge in [0.05, 0.1) is 5.69 Å². The van der Waals surface area contributed by atoms with Crippen LogP contribution in [0.15, 0.2) is 24.3 Å². The third-order valence-electron chi connectivity index (χ3n) is 3.04. The monoisotopic (exact) mass is 243 g/mol. The molecule has 5 nitrogen and oxygen atoms in total. The van der Waals surface area contributed by atoms with Crippen molar-refractivity contribution in [1.82, 2.24) is 14.8 Å². The predicted octanol–water partition coefficient (Wildman–Crippen LogP) is 2.15. The second-order valence-corrected chi connectivity index (χ2v) is 4.62. The van der Waals surface area contributed by atoms with Crippen LogP contribution in [0.5, 0.6) is 0 Å². The van der Waals surface area contributed by atoms with Crippen LogP contribution < -0.4 is 0 Å². The van der Waals surface area contributed by atoms with Crippen molar-refractivity contribution in [2.75, 3.05) is 0 Å². The van der Waals surface area contributed by atoms with Crippen LogP contribution in [0.25, 0.3) is 5.69 Å². The molecule has 5 heteroatoms. The molecule has 0 radical (unpaired) electrons. The number of aromatic carboxylic acids is 1. The minimum atomic E-state index is -1.08. The average molecular weight is 243 g/mol. The van der Waals surface area contributed by atoms with E-state index in [0.29, 0.717) is 5.92 Å². The first-order chi connectivity index (χ1) is 8.65. The average Bonchev–Trinajstić information content (AvgIpc) is 3.09. The Balaban J connectivity index is 2.09. The van der Waals surface area contributed by atoms with Crippen LogP contribution in [0.2, 0.25) is 0 Å². The van der Waals surface area contributed by atoms with E-state index in [1.807, 2.05) is 31.2 Å². The summed E-state index contributed by atoms with van der Waals surface area (Å²) in [7, 11) is 0. The molecule has 18 heavy (non-hydrogen) atoms. The Kier molecular flexibility index (Phi) is 2.40. The van der Waals surface area contributed by atoms with Gasteiger partial charge in [0.25, 0.3) is 5.82 Å². The molecule has 1 aliphatic rings. The van der Waals surface area contributed by atoms with Crippen LogP contribution in [-0.2, 0) is 0 Å². The third kappa shape index (κ3) is 1.88. The fraction of sp³-hybridized carbons (Fsp3) is 0.308. The fourth-order valence-electron chi connectivity index (χ4n) is 1.90. The molecule has 0 bridgehead atoms. The molecule has 1 aromatic carbocycles. The zero-order chi connectivity index (χ0) is 12.7. The van der Waals surface area contributed by atoms with E-state index in [1.165, 1.54) is 0 Å². The first-order valence-electron chi connectivity index (χ1n) is 5.92. The normalized spacial score (nSPS) is 14.7. The van der Waals surface area contributed by atoms with Gasteiger partial charge in [-0.15, -0.1) is 5.10 Å². The molecule has 1 N–H and O–H groups in total. The Morgan fingerprint density at radius 3 is 2.56 bits per heavy atom. The Bertz CT molecular complexity index is 597. The predicted molar refractivity (Wildman–Crippen MR) is 65.0 cm³/mol.